The van der Waals surface area contributed by atoms with Gasteiger partial charge in [-0.3, -0.25) is 4.98 Å². The topological polar surface area (TPSA) is 26.0 Å². The van der Waals surface area contributed by atoms with E-state index in [-0.39, 0.29) is 11.1 Å². The summed E-state index contributed by atoms with van der Waals surface area (Å²) in [5.41, 5.74) is 3.93. The third kappa shape index (κ3) is 3.14. The van der Waals surface area contributed by atoms with E-state index in [2.05, 4.69) is 41.4 Å². The minimum atomic E-state index is -2.50. The molecule has 0 aliphatic heterocycles. The summed E-state index contributed by atoms with van der Waals surface area (Å²) in [6, 6.07) is 30.6. The van der Waals surface area contributed by atoms with Crippen LogP contribution < -0.4 is 0 Å². The maximum absolute atomic E-state index is 8.08. The normalized spacial score (nSPS) is 15.0. The Morgan fingerprint density at radius 3 is 2.51 bits per heavy atom. The van der Waals surface area contributed by atoms with Crippen LogP contribution in [0.5, 0.6) is 0 Å². The van der Waals surface area contributed by atoms with Crippen molar-refractivity contribution in [3.05, 3.63) is 114 Å². The molecule has 0 amide bonds. The van der Waals surface area contributed by atoms with Crippen LogP contribution in [0.15, 0.2) is 108 Å². The molecule has 0 atom stereocenters. The number of nitrogens with zero attached hydrogens (tertiary/aromatic N) is 1. The van der Waals surface area contributed by atoms with Crippen molar-refractivity contribution in [1.82, 2.24) is 4.98 Å². The number of hydrogen-bond donors (Lipinski definition) is 0. The highest BCUT2D eigenvalue weighted by Gasteiger charge is 2.15. The molecule has 2 heterocycles. The van der Waals surface area contributed by atoms with Crippen LogP contribution in [0, 0.1) is 13.7 Å². The molecule has 7 aromatic rings. The number of pyridine rings is 1. The van der Waals surface area contributed by atoms with Gasteiger partial charge in [0, 0.05) is 30.8 Å². The fourth-order valence-corrected chi connectivity index (χ4v) is 5.04. The van der Waals surface area contributed by atoms with Gasteiger partial charge < -0.3 is 4.42 Å². The van der Waals surface area contributed by atoms with Gasteiger partial charge in [-0.15, -0.1) is 0 Å². The maximum atomic E-state index is 8.08. The molecular formula is C33H23NO. The molecule has 2 heteroatoms. The van der Waals surface area contributed by atoms with Crippen molar-refractivity contribution in [3.63, 3.8) is 0 Å². The van der Waals surface area contributed by atoms with E-state index in [4.69, 9.17) is 12.6 Å². The van der Waals surface area contributed by atoms with Gasteiger partial charge in [0.1, 0.15) is 11.2 Å². The zero-order valence-electron chi connectivity index (χ0n) is 24.7. The van der Waals surface area contributed by atoms with Gasteiger partial charge in [0.15, 0.2) is 0 Å². The molecule has 166 valence electrons. The zero-order chi connectivity index (χ0) is 28.5. The Hall–Kier alpha value is -4.43. The van der Waals surface area contributed by atoms with Crippen LogP contribution in [0.3, 0.4) is 0 Å². The molecule has 7 rings (SSSR count). The predicted molar refractivity (Wildman–Crippen MR) is 147 cm³/mol. The van der Waals surface area contributed by atoms with Crippen LogP contribution in [0.4, 0.5) is 0 Å². The van der Waals surface area contributed by atoms with E-state index in [0.717, 1.165) is 38.1 Å². The predicted octanol–water partition coefficient (Wildman–Crippen LogP) is 9.24. The molecule has 0 saturated heterocycles. The lowest BCUT2D eigenvalue weighted by Gasteiger charge is -2.09. The number of aromatic nitrogens is 1. The van der Waals surface area contributed by atoms with E-state index >= 15 is 0 Å². The SMILES string of the molecule is [2H]C([2H])([2H])c1ccc(-c2ccnc(-c3cccc4c3oc3cc5c(ccc6ccccc65)cc34)c2)c(C([2H])([2H])[2H])c1. The molecule has 0 unspecified atom stereocenters. The average Bonchev–Trinajstić information content (AvgIpc) is 3.32. The largest absolute Gasteiger partial charge is 0.455 e. The highest BCUT2D eigenvalue weighted by atomic mass is 16.3. The van der Waals surface area contributed by atoms with Crippen LogP contribution in [0.25, 0.3) is 65.9 Å². The van der Waals surface area contributed by atoms with Crippen molar-refractivity contribution in [1.29, 1.82) is 0 Å². The quantitative estimate of drug-likeness (QED) is 0.243. The third-order valence-electron chi connectivity index (χ3n) is 6.73. The highest BCUT2D eigenvalue weighted by Crippen LogP contribution is 2.39. The fourth-order valence-electron chi connectivity index (χ4n) is 5.04. The second-order valence-corrected chi connectivity index (χ2v) is 8.83. The molecule has 35 heavy (non-hydrogen) atoms. The first-order valence-electron chi connectivity index (χ1n) is 14.5. The van der Waals surface area contributed by atoms with Crippen molar-refractivity contribution in [2.75, 3.05) is 0 Å². The molecule has 0 bridgehead atoms. The number of furan rings is 1. The maximum Gasteiger partial charge on any atom is 0.144 e. The third-order valence-corrected chi connectivity index (χ3v) is 6.73. The van der Waals surface area contributed by atoms with Crippen molar-refractivity contribution in [2.45, 2.75) is 13.7 Å². The molecule has 0 N–H and O–H groups in total. The summed E-state index contributed by atoms with van der Waals surface area (Å²) in [4.78, 5) is 4.61. The van der Waals surface area contributed by atoms with Gasteiger partial charge in [-0.1, -0.05) is 72.3 Å². The van der Waals surface area contributed by atoms with E-state index in [9.17, 15) is 0 Å². The van der Waals surface area contributed by atoms with E-state index < -0.39 is 13.7 Å². The van der Waals surface area contributed by atoms with Crippen LogP contribution in [-0.4, -0.2) is 4.98 Å². The van der Waals surface area contributed by atoms with Crippen LogP contribution >= 0.6 is 0 Å². The summed E-state index contributed by atoms with van der Waals surface area (Å²) in [6.07, 6.45) is 1.63. The van der Waals surface area contributed by atoms with Gasteiger partial charge in [0.05, 0.1) is 5.69 Å². The Kier molecular flexibility index (Phi) is 3.18. The number of para-hydroxylation sites is 1. The fraction of sp³-hybridized carbons (Fsp3) is 0.0606. The summed E-state index contributed by atoms with van der Waals surface area (Å²) in [6.45, 7) is -4.90. The molecule has 0 saturated carbocycles. The van der Waals surface area contributed by atoms with E-state index in [0.29, 0.717) is 22.4 Å². The van der Waals surface area contributed by atoms with Gasteiger partial charge in [-0.25, -0.2) is 0 Å². The molecular weight excluding hydrogens is 426 g/mol. The highest BCUT2D eigenvalue weighted by molar-refractivity contribution is 6.17. The number of aryl methyl sites for hydroxylation is 2. The Labute approximate surface area is 211 Å². The molecule has 0 aliphatic rings. The summed E-state index contributed by atoms with van der Waals surface area (Å²) in [7, 11) is 0. The molecule has 0 spiro atoms. The van der Waals surface area contributed by atoms with Gasteiger partial charge in [0.2, 0.25) is 0 Å². The molecule has 5 aromatic carbocycles. The van der Waals surface area contributed by atoms with Crippen LogP contribution in [-0.2, 0) is 0 Å². The number of hydrogen-bond acceptors (Lipinski definition) is 2. The standard InChI is InChI=1S/C33H23NO/c1-20-10-13-25(21(2)16-20)24-14-15-34-31(18-24)28-9-5-8-27-30-17-23-12-11-22-6-3-4-7-26(22)29(23)19-32(30)35-33(27)28/h3-19H,1-2H3/i1D3,2D3. The van der Waals surface area contributed by atoms with Crippen molar-refractivity contribution < 1.29 is 12.6 Å². The first-order valence-corrected chi connectivity index (χ1v) is 11.5. The Bertz CT molecular complexity index is 2140. The second kappa shape index (κ2) is 7.54. The summed E-state index contributed by atoms with van der Waals surface area (Å²) in [5, 5.41) is 6.55. The van der Waals surface area contributed by atoms with E-state index in [1.807, 2.05) is 36.4 Å². The summed E-state index contributed by atoms with van der Waals surface area (Å²) < 4.78 is 53.9. The van der Waals surface area contributed by atoms with Gasteiger partial charge >= 0.3 is 0 Å². The van der Waals surface area contributed by atoms with E-state index in [1.165, 1.54) is 17.5 Å². The van der Waals surface area contributed by atoms with Gasteiger partial charge in [-0.2, -0.15) is 0 Å². The van der Waals surface area contributed by atoms with Crippen molar-refractivity contribution in [3.8, 4) is 22.4 Å². The zero-order valence-corrected chi connectivity index (χ0v) is 18.7. The molecule has 2 nitrogen and oxygen atoms in total. The Balaban J connectivity index is 1.41. The average molecular weight is 456 g/mol. The molecule has 0 aliphatic carbocycles. The Morgan fingerprint density at radius 2 is 1.57 bits per heavy atom. The van der Waals surface area contributed by atoms with Gasteiger partial charge in [-0.05, 0) is 82.3 Å². The first-order chi connectivity index (χ1) is 19.6. The van der Waals surface area contributed by atoms with Gasteiger partial charge in [0.25, 0.3) is 0 Å². The molecule has 2 aromatic heterocycles. The summed E-state index contributed by atoms with van der Waals surface area (Å²) in [5.74, 6) is 0. The van der Waals surface area contributed by atoms with Crippen LogP contribution in [0.2, 0.25) is 0 Å². The minimum Gasteiger partial charge on any atom is -0.455 e. The summed E-state index contributed by atoms with van der Waals surface area (Å²) >= 11 is 0. The molecule has 0 radical (unpaired) electrons. The van der Waals surface area contributed by atoms with Crippen LogP contribution in [0.1, 0.15) is 19.4 Å². The number of benzene rings is 5. The minimum absolute atomic E-state index is 0.00568. The lowest BCUT2D eigenvalue weighted by molar-refractivity contribution is 0.670. The molecule has 0 fully saturated rings. The number of rotatable bonds is 2. The smallest absolute Gasteiger partial charge is 0.144 e. The van der Waals surface area contributed by atoms with Crippen molar-refractivity contribution >= 4 is 43.5 Å². The lowest BCUT2D eigenvalue weighted by atomic mass is 9.97. The monoisotopic (exact) mass is 455 g/mol. The first kappa shape index (κ1) is 14.7. The lowest BCUT2D eigenvalue weighted by Crippen LogP contribution is -1.88. The number of fused-ring (bicyclic) bond motifs is 6. The Morgan fingerprint density at radius 1 is 0.657 bits per heavy atom. The van der Waals surface area contributed by atoms with E-state index in [1.54, 1.807) is 18.3 Å². The van der Waals surface area contributed by atoms with Crippen molar-refractivity contribution in [2.24, 2.45) is 0 Å². The second-order valence-electron chi connectivity index (χ2n) is 8.83.